The van der Waals surface area contributed by atoms with Crippen molar-refractivity contribution in [2.75, 3.05) is 13.1 Å². The molecular formula is C18H19N5O. The van der Waals surface area contributed by atoms with Crippen LogP contribution in [0.25, 0.3) is 11.4 Å². The molecule has 1 aliphatic rings. The molecule has 3 aromatic rings. The fourth-order valence-corrected chi connectivity index (χ4v) is 3.32. The van der Waals surface area contributed by atoms with Crippen LogP contribution >= 0.6 is 0 Å². The van der Waals surface area contributed by atoms with Gasteiger partial charge in [0.15, 0.2) is 0 Å². The fourth-order valence-electron chi connectivity index (χ4n) is 3.32. The third-order valence-electron chi connectivity index (χ3n) is 4.60. The summed E-state index contributed by atoms with van der Waals surface area (Å²) in [6.45, 7) is 1.49. The van der Waals surface area contributed by atoms with E-state index in [0.717, 1.165) is 43.1 Å². The quantitative estimate of drug-likeness (QED) is 0.778. The molecule has 0 bridgehead atoms. The first kappa shape index (κ1) is 14.7. The molecule has 0 aliphatic carbocycles. The fraction of sp³-hybridized carbons (Fsp3) is 0.278. The summed E-state index contributed by atoms with van der Waals surface area (Å²) in [7, 11) is 0. The molecule has 1 aromatic carbocycles. The van der Waals surface area contributed by atoms with Crippen molar-refractivity contribution in [2.45, 2.75) is 18.8 Å². The molecule has 0 radical (unpaired) electrons. The van der Waals surface area contributed by atoms with Gasteiger partial charge in [-0.1, -0.05) is 18.2 Å². The number of carbonyl (C=O) groups is 1. The summed E-state index contributed by atoms with van der Waals surface area (Å²) in [6, 6.07) is 7.63. The van der Waals surface area contributed by atoms with Gasteiger partial charge in [-0.05, 0) is 18.9 Å². The highest BCUT2D eigenvalue weighted by molar-refractivity contribution is 6.00. The highest BCUT2D eigenvalue weighted by Gasteiger charge is 2.27. The first-order valence-electron chi connectivity index (χ1n) is 8.20. The topological polar surface area (TPSA) is 77.7 Å². The second kappa shape index (κ2) is 6.31. The summed E-state index contributed by atoms with van der Waals surface area (Å²) in [6.07, 6.45) is 8.97. The predicted octanol–water partition coefficient (Wildman–Crippen LogP) is 2.82. The maximum absolute atomic E-state index is 13.0. The van der Waals surface area contributed by atoms with Crippen molar-refractivity contribution in [2.24, 2.45) is 0 Å². The van der Waals surface area contributed by atoms with E-state index in [-0.39, 0.29) is 5.91 Å². The Morgan fingerprint density at radius 3 is 2.50 bits per heavy atom. The second-order valence-electron chi connectivity index (χ2n) is 6.02. The molecule has 0 saturated carbocycles. The van der Waals surface area contributed by atoms with Crippen LogP contribution in [-0.2, 0) is 0 Å². The molecule has 0 unspecified atom stereocenters. The van der Waals surface area contributed by atoms with E-state index < -0.39 is 0 Å². The number of aromatic amines is 2. The van der Waals surface area contributed by atoms with Gasteiger partial charge in [0.05, 0.1) is 5.56 Å². The number of piperidine rings is 1. The monoisotopic (exact) mass is 321 g/mol. The van der Waals surface area contributed by atoms with Crippen molar-refractivity contribution in [1.82, 2.24) is 24.8 Å². The molecule has 0 atom stereocenters. The third-order valence-corrected chi connectivity index (χ3v) is 4.60. The van der Waals surface area contributed by atoms with Crippen molar-refractivity contribution in [3.63, 3.8) is 0 Å². The molecular weight excluding hydrogens is 302 g/mol. The van der Waals surface area contributed by atoms with Crippen molar-refractivity contribution in [3.8, 4) is 11.4 Å². The van der Waals surface area contributed by atoms with E-state index in [1.165, 1.54) is 0 Å². The first-order valence-corrected chi connectivity index (χ1v) is 8.20. The van der Waals surface area contributed by atoms with Crippen LogP contribution in [0, 0.1) is 0 Å². The summed E-state index contributed by atoms with van der Waals surface area (Å²) in [5, 5.41) is 0. The zero-order valence-corrected chi connectivity index (χ0v) is 13.3. The lowest BCUT2D eigenvalue weighted by Crippen LogP contribution is -2.38. The third kappa shape index (κ3) is 2.71. The van der Waals surface area contributed by atoms with Gasteiger partial charge in [-0.25, -0.2) is 9.97 Å². The van der Waals surface area contributed by atoms with Gasteiger partial charge in [-0.2, -0.15) is 0 Å². The Kier molecular flexibility index (Phi) is 3.86. The minimum Gasteiger partial charge on any atom is -0.348 e. The smallest absolute Gasteiger partial charge is 0.254 e. The van der Waals surface area contributed by atoms with E-state index in [4.69, 9.17) is 0 Å². The van der Waals surface area contributed by atoms with Gasteiger partial charge >= 0.3 is 0 Å². The van der Waals surface area contributed by atoms with E-state index in [2.05, 4.69) is 19.9 Å². The molecule has 1 aliphatic heterocycles. The van der Waals surface area contributed by atoms with Crippen LogP contribution in [0.5, 0.6) is 0 Å². The van der Waals surface area contributed by atoms with Crippen LogP contribution in [0.2, 0.25) is 0 Å². The Hall–Kier alpha value is -2.89. The average Bonchev–Trinajstić information content (AvgIpc) is 3.35. The highest BCUT2D eigenvalue weighted by atomic mass is 16.2. The summed E-state index contributed by atoms with van der Waals surface area (Å²) >= 11 is 0. The van der Waals surface area contributed by atoms with Gasteiger partial charge in [-0.15, -0.1) is 0 Å². The van der Waals surface area contributed by atoms with Gasteiger partial charge < -0.3 is 14.9 Å². The standard InChI is InChI=1S/C18H19N5O/c24-18(15-4-2-1-3-14(15)17-21-9-10-22-17)23-11-5-13(6-12-23)16-19-7-8-20-16/h1-4,7-10,13H,5-6,11-12H2,(H,19,20)(H,21,22). The SMILES string of the molecule is O=C(c1ccccc1-c1ncc[nH]1)N1CCC(c2ncc[nH]2)CC1. The van der Waals surface area contributed by atoms with Crippen molar-refractivity contribution < 1.29 is 4.79 Å². The van der Waals surface area contributed by atoms with Crippen molar-refractivity contribution in [1.29, 1.82) is 0 Å². The molecule has 6 heteroatoms. The van der Waals surface area contributed by atoms with E-state index in [1.807, 2.05) is 35.4 Å². The Morgan fingerprint density at radius 2 is 1.79 bits per heavy atom. The van der Waals surface area contributed by atoms with Crippen LogP contribution in [0.1, 0.15) is 34.9 Å². The van der Waals surface area contributed by atoms with Gasteiger partial charge in [-0.3, -0.25) is 4.79 Å². The number of hydrogen-bond acceptors (Lipinski definition) is 3. The molecule has 2 aromatic heterocycles. The number of likely N-dealkylation sites (tertiary alicyclic amines) is 1. The van der Waals surface area contributed by atoms with Gasteiger partial charge in [0.2, 0.25) is 0 Å². The summed E-state index contributed by atoms with van der Waals surface area (Å²) in [4.78, 5) is 29.8. The number of carbonyl (C=O) groups excluding carboxylic acids is 1. The maximum Gasteiger partial charge on any atom is 0.254 e. The zero-order valence-electron chi connectivity index (χ0n) is 13.3. The Labute approximate surface area is 140 Å². The number of amides is 1. The lowest BCUT2D eigenvalue weighted by Gasteiger charge is -2.31. The molecule has 6 nitrogen and oxygen atoms in total. The van der Waals surface area contributed by atoms with Crippen LogP contribution in [0.3, 0.4) is 0 Å². The lowest BCUT2D eigenvalue weighted by molar-refractivity contribution is 0.0712. The number of benzene rings is 1. The number of nitrogens with zero attached hydrogens (tertiary/aromatic N) is 3. The minimum absolute atomic E-state index is 0.0693. The molecule has 1 amide bonds. The van der Waals surface area contributed by atoms with Gasteiger partial charge in [0.25, 0.3) is 5.91 Å². The predicted molar refractivity (Wildman–Crippen MR) is 90.5 cm³/mol. The number of imidazole rings is 2. The summed E-state index contributed by atoms with van der Waals surface area (Å²) in [5.41, 5.74) is 1.55. The second-order valence-corrected chi connectivity index (χ2v) is 6.02. The Balaban J connectivity index is 1.51. The molecule has 122 valence electrons. The summed E-state index contributed by atoms with van der Waals surface area (Å²) < 4.78 is 0. The van der Waals surface area contributed by atoms with E-state index in [9.17, 15) is 4.79 Å². The number of hydrogen-bond donors (Lipinski definition) is 2. The number of nitrogens with one attached hydrogen (secondary N) is 2. The first-order chi connectivity index (χ1) is 11.8. The van der Waals surface area contributed by atoms with E-state index in [0.29, 0.717) is 11.5 Å². The molecule has 0 spiro atoms. The Bertz CT molecular complexity index is 802. The number of aromatic nitrogens is 4. The van der Waals surface area contributed by atoms with Crippen molar-refractivity contribution >= 4 is 5.91 Å². The highest BCUT2D eigenvalue weighted by Crippen LogP contribution is 2.28. The van der Waals surface area contributed by atoms with Crippen molar-refractivity contribution in [3.05, 3.63) is 60.4 Å². The molecule has 1 saturated heterocycles. The Morgan fingerprint density at radius 1 is 1.04 bits per heavy atom. The van der Waals surface area contributed by atoms with Crippen LogP contribution < -0.4 is 0 Å². The van der Waals surface area contributed by atoms with E-state index >= 15 is 0 Å². The zero-order chi connectivity index (χ0) is 16.4. The largest absolute Gasteiger partial charge is 0.348 e. The molecule has 3 heterocycles. The van der Waals surface area contributed by atoms with Gasteiger partial charge in [0.1, 0.15) is 11.6 Å². The average molecular weight is 321 g/mol. The summed E-state index contributed by atoms with van der Waals surface area (Å²) in [5.74, 6) is 2.23. The van der Waals surface area contributed by atoms with Crippen LogP contribution in [0.15, 0.2) is 49.1 Å². The van der Waals surface area contributed by atoms with Crippen LogP contribution in [0.4, 0.5) is 0 Å². The lowest BCUT2D eigenvalue weighted by atomic mass is 9.95. The maximum atomic E-state index is 13.0. The number of rotatable bonds is 3. The number of H-pyrrole nitrogens is 2. The van der Waals surface area contributed by atoms with E-state index in [1.54, 1.807) is 18.6 Å². The van der Waals surface area contributed by atoms with Crippen LogP contribution in [-0.4, -0.2) is 43.8 Å². The molecule has 4 rings (SSSR count). The molecule has 2 N–H and O–H groups in total. The van der Waals surface area contributed by atoms with Gasteiger partial charge in [0, 0.05) is 49.4 Å². The molecule has 1 fully saturated rings. The molecule has 24 heavy (non-hydrogen) atoms. The minimum atomic E-state index is 0.0693. The normalized spacial score (nSPS) is 15.6.